The monoisotopic (exact) mass is 482 g/mol. The van der Waals surface area contributed by atoms with Crippen molar-refractivity contribution in [2.45, 2.75) is 52.2 Å². The van der Waals surface area contributed by atoms with E-state index in [0.717, 1.165) is 26.4 Å². The highest BCUT2D eigenvalue weighted by molar-refractivity contribution is 7.18. The number of esters is 1. The maximum atomic E-state index is 13.5. The molecule has 3 aromatic rings. The minimum absolute atomic E-state index is 0.0268. The zero-order valence-electron chi connectivity index (χ0n) is 20.2. The highest BCUT2D eigenvalue weighted by atomic mass is 32.1. The fourth-order valence-corrected chi connectivity index (χ4v) is 5.35. The van der Waals surface area contributed by atoms with Crippen molar-refractivity contribution in [3.8, 4) is 11.5 Å². The number of thiazole rings is 1. The molecule has 0 saturated carbocycles. The number of ether oxygens (including phenoxy) is 3. The van der Waals surface area contributed by atoms with E-state index in [1.54, 1.807) is 14.2 Å². The van der Waals surface area contributed by atoms with Crippen molar-refractivity contribution in [3.05, 3.63) is 52.5 Å². The SMILES string of the molecule is COc1cc2nc(CNC(=O)C3(CC(=O)OC(C)(C)C)Cc4ccccc4C3)sc2cc1OC. The standard InChI is InChI=1S/C26H30N2O5S/c1-25(2,3)33-23(29)14-26(12-16-8-6-7-9-17(16)13-26)24(30)27-15-22-28-18-10-19(31-4)20(32-5)11-21(18)34-22/h6-11H,12-15H2,1-5H3,(H,27,30). The largest absolute Gasteiger partial charge is 0.493 e. The number of nitrogens with one attached hydrogen (secondary N) is 1. The molecule has 0 atom stereocenters. The Kier molecular flexibility index (Phi) is 6.53. The molecule has 34 heavy (non-hydrogen) atoms. The average Bonchev–Trinajstić information content (AvgIpc) is 3.35. The van der Waals surface area contributed by atoms with Crippen molar-refractivity contribution in [3.63, 3.8) is 0 Å². The fourth-order valence-electron chi connectivity index (χ4n) is 4.44. The molecule has 1 heterocycles. The van der Waals surface area contributed by atoms with Crippen LogP contribution >= 0.6 is 11.3 Å². The highest BCUT2D eigenvalue weighted by Crippen LogP contribution is 2.41. The second-order valence-corrected chi connectivity index (χ2v) is 10.7. The van der Waals surface area contributed by atoms with Crippen molar-refractivity contribution < 1.29 is 23.8 Å². The highest BCUT2D eigenvalue weighted by Gasteiger charge is 2.46. The number of amides is 1. The van der Waals surface area contributed by atoms with Gasteiger partial charge in [0, 0.05) is 12.1 Å². The first-order chi connectivity index (χ1) is 16.1. The van der Waals surface area contributed by atoms with Gasteiger partial charge in [-0.15, -0.1) is 11.3 Å². The van der Waals surface area contributed by atoms with Crippen LogP contribution in [0.3, 0.4) is 0 Å². The zero-order chi connectivity index (χ0) is 24.5. The molecule has 0 saturated heterocycles. The molecule has 1 aromatic heterocycles. The van der Waals surface area contributed by atoms with Gasteiger partial charge in [-0.1, -0.05) is 24.3 Å². The van der Waals surface area contributed by atoms with Crippen LogP contribution in [0.1, 0.15) is 43.3 Å². The molecule has 0 spiro atoms. The first-order valence-electron chi connectivity index (χ1n) is 11.2. The van der Waals surface area contributed by atoms with Crippen molar-refractivity contribution >= 4 is 33.4 Å². The van der Waals surface area contributed by atoms with Crippen LogP contribution in [0.25, 0.3) is 10.2 Å². The lowest BCUT2D eigenvalue weighted by atomic mass is 9.80. The molecular formula is C26H30N2O5S. The second kappa shape index (κ2) is 9.25. The maximum Gasteiger partial charge on any atom is 0.307 e. The lowest BCUT2D eigenvalue weighted by Gasteiger charge is -2.28. The number of nitrogens with zero attached hydrogens (tertiary/aromatic N) is 1. The summed E-state index contributed by atoms with van der Waals surface area (Å²) < 4.78 is 17.2. The molecular weight excluding hydrogens is 452 g/mol. The number of hydrogen-bond donors (Lipinski definition) is 1. The summed E-state index contributed by atoms with van der Waals surface area (Å²) in [5.74, 6) is 0.712. The van der Waals surface area contributed by atoms with Gasteiger partial charge in [0.25, 0.3) is 0 Å². The number of rotatable bonds is 7. The third-order valence-electron chi connectivity index (χ3n) is 5.90. The van der Waals surface area contributed by atoms with Gasteiger partial charge in [0.2, 0.25) is 5.91 Å². The van der Waals surface area contributed by atoms with Gasteiger partial charge < -0.3 is 19.5 Å². The van der Waals surface area contributed by atoms with Gasteiger partial charge in [-0.05, 0) is 44.7 Å². The normalized spacial score (nSPS) is 14.5. The summed E-state index contributed by atoms with van der Waals surface area (Å²) in [6.07, 6.45) is 1.03. The Hall–Kier alpha value is -3.13. The Bertz CT molecular complexity index is 1160. The summed E-state index contributed by atoms with van der Waals surface area (Å²) in [4.78, 5) is 30.9. The summed E-state index contributed by atoms with van der Waals surface area (Å²) >= 11 is 1.49. The minimum Gasteiger partial charge on any atom is -0.493 e. The smallest absolute Gasteiger partial charge is 0.307 e. The van der Waals surface area contributed by atoms with Crippen molar-refractivity contribution in [2.75, 3.05) is 14.2 Å². The van der Waals surface area contributed by atoms with Crippen LogP contribution in [0.5, 0.6) is 11.5 Å². The Morgan fingerprint density at radius 2 is 1.68 bits per heavy atom. The molecule has 2 aromatic carbocycles. The molecule has 0 aliphatic heterocycles. The Labute approximate surface area is 203 Å². The second-order valence-electron chi connectivity index (χ2n) is 9.63. The van der Waals surface area contributed by atoms with Gasteiger partial charge in [-0.2, -0.15) is 0 Å². The van der Waals surface area contributed by atoms with E-state index < -0.39 is 11.0 Å². The molecule has 0 bridgehead atoms. The number of aromatic nitrogens is 1. The first kappa shape index (κ1) is 24.0. The molecule has 1 amide bonds. The number of benzene rings is 2. The molecule has 0 radical (unpaired) electrons. The van der Waals surface area contributed by atoms with Crippen LogP contribution < -0.4 is 14.8 Å². The van der Waals surface area contributed by atoms with E-state index in [2.05, 4.69) is 10.3 Å². The van der Waals surface area contributed by atoms with E-state index in [4.69, 9.17) is 14.2 Å². The quantitative estimate of drug-likeness (QED) is 0.501. The van der Waals surface area contributed by atoms with Crippen LogP contribution in [0, 0.1) is 5.41 Å². The summed E-state index contributed by atoms with van der Waals surface area (Å²) in [6, 6.07) is 11.7. The van der Waals surface area contributed by atoms with Crippen molar-refractivity contribution in [1.29, 1.82) is 0 Å². The molecule has 8 heteroatoms. The van der Waals surface area contributed by atoms with Gasteiger partial charge in [0.05, 0.1) is 42.8 Å². The molecule has 1 aliphatic rings. The van der Waals surface area contributed by atoms with E-state index in [1.807, 2.05) is 57.2 Å². The lowest BCUT2D eigenvalue weighted by Crippen LogP contribution is -2.44. The maximum absolute atomic E-state index is 13.5. The molecule has 0 unspecified atom stereocenters. The van der Waals surface area contributed by atoms with Crippen LogP contribution in [0.15, 0.2) is 36.4 Å². The number of methoxy groups -OCH3 is 2. The third-order valence-corrected chi connectivity index (χ3v) is 6.92. The van der Waals surface area contributed by atoms with Crippen LogP contribution in [-0.4, -0.2) is 36.7 Å². The number of carbonyl (C=O) groups is 2. The molecule has 4 rings (SSSR count). The van der Waals surface area contributed by atoms with Gasteiger partial charge in [-0.3, -0.25) is 9.59 Å². The van der Waals surface area contributed by atoms with Gasteiger partial charge in [-0.25, -0.2) is 4.98 Å². The van der Waals surface area contributed by atoms with E-state index in [0.29, 0.717) is 24.3 Å². The Morgan fingerprint density at radius 1 is 1.06 bits per heavy atom. The third kappa shape index (κ3) is 5.01. The predicted molar refractivity (Wildman–Crippen MR) is 131 cm³/mol. The summed E-state index contributed by atoms with van der Waals surface area (Å²) in [6.45, 7) is 5.77. The van der Waals surface area contributed by atoms with E-state index >= 15 is 0 Å². The molecule has 180 valence electrons. The van der Waals surface area contributed by atoms with E-state index in [9.17, 15) is 9.59 Å². The van der Waals surface area contributed by atoms with Crippen molar-refractivity contribution in [2.24, 2.45) is 5.41 Å². The molecule has 1 N–H and O–H groups in total. The Balaban J connectivity index is 1.54. The summed E-state index contributed by atoms with van der Waals surface area (Å²) in [5, 5.41) is 3.81. The van der Waals surface area contributed by atoms with Gasteiger partial charge in [0.1, 0.15) is 10.6 Å². The van der Waals surface area contributed by atoms with Crippen molar-refractivity contribution in [1.82, 2.24) is 10.3 Å². The van der Waals surface area contributed by atoms with Crippen LogP contribution in [-0.2, 0) is 33.7 Å². The summed E-state index contributed by atoms with van der Waals surface area (Å²) in [5.41, 5.74) is 1.49. The Morgan fingerprint density at radius 3 is 2.26 bits per heavy atom. The van der Waals surface area contributed by atoms with Crippen LogP contribution in [0.2, 0.25) is 0 Å². The first-order valence-corrected chi connectivity index (χ1v) is 12.0. The zero-order valence-corrected chi connectivity index (χ0v) is 21.0. The number of carbonyl (C=O) groups excluding carboxylic acids is 2. The molecule has 7 nitrogen and oxygen atoms in total. The van der Waals surface area contributed by atoms with E-state index in [-0.39, 0.29) is 24.8 Å². The number of fused-ring (bicyclic) bond motifs is 2. The average molecular weight is 483 g/mol. The minimum atomic E-state index is -0.880. The predicted octanol–water partition coefficient (Wildman–Crippen LogP) is 4.45. The lowest BCUT2D eigenvalue weighted by molar-refractivity contribution is -0.160. The van der Waals surface area contributed by atoms with Gasteiger partial charge >= 0.3 is 5.97 Å². The van der Waals surface area contributed by atoms with E-state index in [1.165, 1.54) is 11.3 Å². The summed E-state index contributed by atoms with van der Waals surface area (Å²) in [7, 11) is 3.18. The topological polar surface area (TPSA) is 86.8 Å². The van der Waals surface area contributed by atoms with Gasteiger partial charge in [0.15, 0.2) is 11.5 Å². The molecule has 1 aliphatic carbocycles. The molecule has 0 fully saturated rings. The fraction of sp³-hybridized carbons (Fsp3) is 0.423. The van der Waals surface area contributed by atoms with Crippen LogP contribution in [0.4, 0.5) is 0 Å². The number of hydrogen-bond acceptors (Lipinski definition) is 7.